The van der Waals surface area contributed by atoms with Crippen LogP contribution in [-0.4, -0.2) is 39.0 Å². The lowest BCUT2D eigenvalue weighted by Crippen LogP contribution is -2.22. The second-order valence-corrected chi connectivity index (χ2v) is 7.78. The van der Waals surface area contributed by atoms with Gasteiger partial charge in [0.25, 0.3) is 5.91 Å². The highest BCUT2D eigenvalue weighted by atomic mass is 32.2. The minimum Gasteiger partial charge on any atom is -0.452 e. The number of hydrogen-bond acceptors (Lipinski definition) is 7. The predicted octanol–water partition coefficient (Wildman–Crippen LogP) is 3.80. The Morgan fingerprint density at radius 1 is 1.23 bits per heavy atom. The Morgan fingerprint density at radius 3 is 2.71 bits per heavy atom. The third-order valence-corrected chi connectivity index (χ3v) is 5.17. The second kappa shape index (κ2) is 10.4. The molecule has 1 amide bonds. The molecule has 0 aliphatic heterocycles. The number of hydrogen-bond donors (Lipinski definition) is 1. The van der Waals surface area contributed by atoms with E-state index in [4.69, 9.17) is 10.00 Å². The number of benzene rings is 1. The Bertz CT molecular complexity index is 1110. The van der Waals surface area contributed by atoms with Crippen molar-refractivity contribution >= 4 is 29.3 Å². The molecule has 31 heavy (non-hydrogen) atoms. The number of nitrogens with one attached hydrogen (secondary N) is 1. The van der Waals surface area contributed by atoms with Gasteiger partial charge in [-0.2, -0.15) is 10.4 Å². The Kier molecular flexibility index (Phi) is 7.40. The molecule has 0 fully saturated rings. The van der Waals surface area contributed by atoms with Gasteiger partial charge in [0, 0.05) is 11.1 Å². The zero-order valence-electron chi connectivity index (χ0n) is 17.1. The van der Waals surface area contributed by atoms with E-state index in [1.54, 1.807) is 35.1 Å². The molecule has 158 valence electrons. The highest BCUT2D eigenvalue weighted by Gasteiger charge is 2.23. The number of carbonyl (C=O) groups excluding carboxylic acids is 2. The number of para-hydroxylation sites is 1. The van der Waals surface area contributed by atoms with Crippen molar-refractivity contribution in [1.29, 1.82) is 5.26 Å². The molecule has 9 heteroatoms. The number of aromatic nitrogens is 3. The number of pyridine rings is 1. The summed E-state index contributed by atoms with van der Waals surface area (Å²) in [5.41, 5.74) is 1.51. The van der Waals surface area contributed by atoms with E-state index >= 15 is 0 Å². The maximum Gasteiger partial charge on any atom is 0.342 e. The third kappa shape index (κ3) is 5.49. The van der Waals surface area contributed by atoms with Crippen molar-refractivity contribution in [3.8, 4) is 11.9 Å². The summed E-state index contributed by atoms with van der Waals surface area (Å²) in [5.74, 6) is -0.269. The molecule has 2 aromatic heterocycles. The van der Waals surface area contributed by atoms with Crippen LogP contribution in [0.15, 0.2) is 59.8 Å². The van der Waals surface area contributed by atoms with Crippen LogP contribution in [0.2, 0.25) is 0 Å². The van der Waals surface area contributed by atoms with Gasteiger partial charge >= 0.3 is 5.97 Å². The van der Waals surface area contributed by atoms with Crippen LogP contribution < -0.4 is 5.32 Å². The van der Waals surface area contributed by atoms with Gasteiger partial charge in [-0.05, 0) is 30.2 Å². The van der Waals surface area contributed by atoms with E-state index < -0.39 is 18.5 Å². The van der Waals surface area contributed by atoms with E-state index in [1.807, 2.05) is 32.0 Å². The van der Waals surface area contributed by atoms with Crippen molar-refractivity contribution in [2.24, 2.45) is 0 Å². The average molecular weight is 436 g/mol. The fourth-order valence-electron chi connectivity index (χ4n) is 2.93. The monoisotopic (exact) mass is 435 g/mol. The summed E-state index contributed by atoms with van der Waals surface area (Å²) in [7, 11) is 0. The molecule has 0 unspecified atom stereocenters. The molecule has 0 aliphatic rings. The predicted molar refractivity (Wildman–Crippen MR) is 117 cm³/mol. The van der Waals surface area contributed by atoms with Gasteiger partial charge in [-0.25, -0.2) is 14.5 Å². The van der Waals surface area contributed by atoms with Gasteiger partial charge in [0.1, 0.15) is 5.56 Å². The molecule has 3 rings (SSSR count). The molecule has 0 saturated carbocycles. The van der Waals surface area contributed by atoms with E-state index in [0.717, 1.165) is 4.90 Å². The highest BCUT2D eigenvalue weighted by Crippen LogP contribution is 2.27. The number of amides is 1. The van der Waals surface area contributed by atoms with Gasteiger partial charge < -0.3 is 10.1 Å². The van der Waals surface area contributed by atoms with Crippen molar-refractivity contribution in [2.45, 2.75) is 24.7 Å². The Hall–Kier alpha value is -3.64. The molecular formula is C22H21N5O3S. The molecule has 1 N–H and O–H groups in total. The summed E-state index contributed by atoms with van der Waals surface area (Å²) >= 11 is 1.32. The normalized spacial score (nSPS) is 10.5. The van der Waals surface area contributed by atoms with Crippen LogP contribution in [0.5, 0.6) is 0 Å². The van der Waals surface area contributed by atoms with Gasteiger partial charge in [-0.3, -0.25) is 4.79 Å². The second-order valence-electron chi connectivity index (χ2n) is 6.77. The fraction of sp³-hybridized carbons (Fsp3) is 0.227. The SMILES string of the molecule is CC(C)c1c(C(=O)OCC(=O)Nc2ccccc2SCC#N)cnn1-c1ccccn1. The largest absolute Gasteiger partial charge is 0.452 e. The zero-order chi connectivity index (χ0) is 22.2. The highest BCUT2D eigenvalue weighted by molar-refractivity contribution is 7.99. The minimum absolute atomic E-state index is 0.0232. The van der Waals surface area contributed by atoms with E-state index in [0.29, 0.717) is 22.8 Å². The van der Waals surface area contributed by atoms with Gasteiger partial charge in [0.05, 0.1) is 29.4 Å². The van der Waals surface area contributed by atoms with Crippen molar-refractivity contribution in [1.82, 2.24) is 14.8 Å². The number of ether oxygens (including phenoxy) is 1. The number of carbonyl (C=O) groups is 2. The van der Waals surface area contributed by atoms with Crippen LogP contribution >= 0.6 is 11.8 Å². The number of thioether (sulfide) groups is 1. The lowest BCUT2D eigenvalue weighted by molar-refractivity contribution is -0.119. The smallest absolute Gasteiger partial charge is 0.342 e. The molecule has 0 saturated heterocycles. The molecule has 1 aromatic carbocycles. The minimum atomic E-state index is -0.631. The zero-order valence-corrected chi connectivity index (χ0v) is 17.9. The van der Waals surface area contributed by atoms with Crippen molar-refractivity contribution in [3.63, 3.8) is 0 Å². The van der Waals surface area contributed by atoms with E-state index in [9.17, 15) is 9.59 Å². The summed E-state index contributed by atoms with van der Waals surface area (Å²) in [6, 6.07) is 14.6. The first-order chi connectivity index (χ1) is 15.0. The number of rotatable bonds is 8. The van der Waals surface area contributed by atoms with Gasteiger partial charge in [-0.15, -0.1) is 11.8 Å². The Labute approximate surface area is 184 Å². The first-order valence-corrected chi connectivity index (χ1v) is 10.5. The topological polar surface area (TPSA) is 110 Å². The molecule has 2 heterocycles. The van der Waals surface area contributed by atoms with Gasteiger partial charge in [-0.1, -0.05) is 32.0 Å². The summed E-state index contributed by atoms with van der Waals surface area (Å²) in [5, 5.41) is 15.8. The molecule has 0 spiro atoms. The quantitative estimate of drug-likeness (QED) is 0.423. The summed E-state index contributed by atoms with van der Waals surface area (Å²) in [6.45, 7) is 3.44. The number of nitrogens with zero attached hydrogens (tertiary/aromatic N) is 4. The molecule has 0 radical (unpaired) electrons. The first-order valence-electron chi connectivity index (χ1n) is 9.56. The summed E-state index contributed by atoms with van der Waals surface area (Å²) in [4.78, 5) is 30.0. The van der Waals surface area contributed by atoms with Crippen molar-refractivity contribution < 1.29 is 14.3 Å². The fourth-order valence-corrected chi connectivity index (χ4v) is 3.60. The number of anilines is 1. The molecular weight excluding hydrogens is 414 g/mol. The molecule has 0 aliphatic carbocycles. The van der Waals surface area contributed by atoms with E-state index in [1.165, 1.54) is 18.0 Å². The lowest BCUT2D eigenvalue weighted by atomic mass is 10.1. The van der Waals surface area contributed by atoms with Gasteiger partial charge in [0.15, 0.2) is 12.4 Å². The average Bonchev–Trinajstić information content (AvgIpc) is 3.23. The number of esters is 1. The Morgan fingerprint density at radius 2 is 2.00 bits per heavy atom. The van der Waals surface area contributed by atoms with E-state index in [2.05, 4.69) is 21.5 Å². The standard InChI is InChI=1S/C22H21N5O3S/c1-15(2)21-16(13-25-27(21)19-9-5-6-11-24-19)22(29)30-14-20(28)26-17-7-3-4-8-18(17)31-12-10-23/h3-9,11,13,15H,12,14H2,1-2H3,(H,26,28). The van der Waals surface area contributed by atoms with Crippen molar-refractivity contribution in [2.75, 3.05) is 17.7 Å². The van der Waals surface area contributed by atoms with Crippen LogP contribution in [0.25, 0.3) is 5.82 Å². The third-order valence-electron chi connectivity index (χ3n) is 4.23. The lowest BCUT2D eigenvalue weighted by Gasteiger charge is -2.12. The van der Waals surface area contributed by atoms with Crippen LogP contribution in [-0.2, 0) is 9.53 Å². The molecule has 8 nitrogen and oxygen atoms in total. The molecule has 3 aromatic rings. The molecule has 0 atom stereocenters. The van der Waals surface area contributed by atoms with Gasteiger partial charge in [0.2, 0.25) is 0 Å². The van der Waals surface area contributed by atoms with Crippen molar-refractivity contribution in [3.05, 3.63) is 66.1 Å². The molecule has 0 bridgehead atoms. The maximum atomic E-state index is 12.7. The number of nitriles is 1. The van der Waals surface area contributed by atoms with Crippen LogP contribution in [0.4, 0.5) is 5.69 Å². The summed E-state index contributed by atoms with van der Waals surface area (Å²) < 4.78 is 6.84. The van der Waals surface area contributed by atoms with Crippen LogP contribution in [0.1, 0.15) is 35.8 Å². The summed E-state index contributed by atoms with van der Waals surface area (Å²) in [6.07, 6.45) is 3.08. The maximum absolute atomic E-state index is 12.7. The Balaban J connectivity index is 1.68. The van der Waals surface area contributed by atoms with Crippen LogP contribution in [0.3, 0.4) is 0 Å². The van der Waals surface area contributed by atoms with Crippen LogP contribution in [0, 0.1) is 11.3 Å². The first kappa shape index (κ1) is 22.1. The van der Waals surface area contributed by atoms with E-state index in [-0.39, 0.29) is 11.7 Å².